The van der Waals surface area contributed by atoms with Crippen LogP contribution in [0.3, 0.4) is 0 Å². The van der Waals surface area contributed by atoms with Crippen LogP contribution in [-0.2, 0) is 6.18 Å². The summed E-state index contributed by atoms with van der Waals surface area (Å²) in [5.74, 6) is -1.68. The van der Waals surface area contributed by atoms with Gasteiger partial charge in [0, 0.05) is 13.1 Å². The summed E-state index contributed by atoms with van der Waals surface area (Å²) in [4.78, 5) is 13.6. The first-order valence-corrected chi connectivity index (χ1v) is 6.52. The molecule has 0 bridgehead atoms. The smallest absolute Gasteiger partial charge is 0.338 e. The van der Waals surface area contributed by atoms with Crippen LogP contribution in [0.2, 0.25) is 0 Å². The molecule has 1 unspecified atom stereocenters. The number of carbonyl (C=O) groups is 1. The van der Waals surface area contributed by atoms with E-state index in [1.165, 1.54) is 4.90 Å². The van der Waals surface area contributed by atoms with Crippen LogP contribution >= 0.6 is 0 Å². The maximum absolute atomic E-state index is 13.7. The van der Waals surface area contributed by atoms with Gasteiger partial charge in [0.2, 0.25) is 0 Å². The molecule has 0 saturated carbocycles. The first kappa shape index (κ1) is 15.8. The monoisotopic (exact) mass is 304 g/mol. The highest BCUT2D eigenvalue weighted by atomic mass is 19.4. The van der Waals surface area contributed by atoms with Gasteiger partial charge in [-0.15, -0.1) is 0 Å². The van der Waals surface area contributed by atoms with Gasteiger partial charge in [-0.2, -0.15) is 13.2 Å². The van der Waals surface area contributed by atoms with E-state index in [1.807, 2.05) is 6.92 Å². The molecule has 0 spiro atoms. The summed E-state index contributed by atoms with van der Waals surface area (Å²) in [6.45, 7) is 2.94. The molecule has 116 valence electrons. The zero-order valence-electron chi connectivity index (χ0n) is 11.5. The van der Waals surface area contributed by atoms with E-state index in [2.05, 4.69) is 0 Å². The molecule has 0 radical (unpaired) electrons. The average molecular weight is 304 g/mol. The fourth-order valence-electron chi connectivity index (χ4n) is 2.40. The number of hydrogen-bond acceptors (Lipinski definition) is 2. The zero-order chi connectivity index (χ0) is 15.8. The Balaban J connectivity index is 2.28. The van der Waals surface area contributed by atoms with Gasteiger partial charge in [0.05, 0.1) is 11.1 Å². The molecule has 1 amide bonds. The molecular weight excluding hydrogens is 288 g/mol. The molecule has 1 heterocycles. The molecule has 0 aliphatic carbocycles. The van der Waals surface area contributed by atoms with Crippen molar-refractivity contribution in [2.75, 3.05) is 19.6 Å². The van der Waals surface area contributed by atoms with Crippen molar-refractivity contribution in [2.45, 2.75) is 19.5 Å². The Morgan fingerprint density at radius 3 is 2.62 bits per heavy atom. The van der Waals surface area contributed by atoms with E-state index in [0.29, 0.717) is 44.3 Å². The van der Waals surface area contributed by atoms with E-state index < -0.39 is 29.0 Å². The number of likely N-dealkylation sites (tertiary alicyclic amines) is 1. The first-order valence-electron chi connectivity index (χ1n) is 6.52. The highest BCUT2D eigenvalue weighted by molar-refractivity contribution is 5.95. The topological polar surface area (TPSA) is 46.3 Å². The average Bonchev–Trinajstić information content (AvgIpc) is 2.81. The van der Waals surface area contributed by atoms with Gasteiger partial charge < -0.3 is 10.6 Å². The maximum Gasteiger partial charge on any atom is 0.416 e. The van der Waals surface area contributed by atoms with Gasteiger partial charge >= 0.3 is 6.18 Å². The van der Waals surface area contributed by atoms with Crippen molar-refractivity contribution in [1.82, 2.24) is 4.90 Å². The van der Waals surface area contributed by atoms with Crippen LogP contribution in [0.15, 0.2) is 18.2 Å². The Hall–Kier alpha value is -1.63. The number of alkyl halides is 3. The van der Waals surface area contributed by atoms with Gasteiger partial charge in [0.1, 0.15) is 5.82 Å². The largest absolute Gasteiger partial charge is 0.416 e. The molecule has 7 heteroatoms. The summed E-state index contributed by atoms with van der Waals surface area (Å²) in [5, 5.41) is 0. The molecule has 3 nitrogen and oxygen atoms in total. The van der Waals surface area contributed by atoms with Crippen LogP contribution in [0, 0.1) is 11.2 Å². The lowest BCUT2D eigenvalue weighted by Crippen LogP contribution is -2.35. The lowest BCUT2D eigenvalue weighted by atomic mass is 9.90. The van der Waals surface area contributed by atoms with Crippen molar-refractivity contribution in [2.24, 2.45) is 11.1 Å². The predicted molar refractivity (Wildman–Crippen MR) is 69.1 cm³/mol. The van der Waals surface area contributed by atoms with Crippen LogP contribution < -0.4 is 5.73 Å². The molecule has 1 fully saturated rings. The number of rotatable bonds is 2. The van der Waals surface area contributed by atoms with E-state index in [-0.39, 0.29) is 5.41 Å². The summed E-state index contributed by atoms with van der Waals surface area (Å²) in [6, 6.07) is 1.87. The number of nitrogens with zero attached hydrogens (tertiary/aromatic N) is 1. The normalized spacial score (nSPS) is 22.7. The molecule has 1 atom stereocenters. The van der Waals surface area contributed by atoms with Crippen molar-refractivity contribution in [3.63, 3.8) is 0 Å². The predicted octanol–water partition coefficient (Wildman–Crippen LogP) is 2.66. The molecular formula is C14H16F4N2O. The Kier molecular flexibility index (Phi) is 3.97. The Bertz CT molecular complexity index is 558. The quantitative estimate of drug-likeness (QED) is 0.854. The van der Waals surface area contributed by atoms with Crippen LogP contribution in [0.1, 0.15) is 29.3 Å². The van der Waals surface area contributed by atoms with Gasteiger partial charge in [0.15, 0.2) is 0 Å². The minimum absolute atomic E-state index is 0.270. The third-order valence-corrected chi connectivity index (χ3v) is 3.86. The highest BCUT2D eigenvalue weighted by Gasteiger charge is 2.37. The summed E-state index contributed by atoms with van der Waals surface area (Å²) < 4.78 is 51.7. The van der Waals surface area contributed by atoms with Crippen molar-refractivity contribution in [1.29, 1.82) is 0 Å². The molecule has 1 aromatic carbocycles. The van der Waals surface area contributed by atoms with Crippen LogP contribution in [0.5, 0.6) is 0 Å². The Morgan fingerprint density at radius 2 is 2.10 bits per heavy atom. The second-order valence-corrected chi connectivity index (χ2v) is 5.68. The number of benzene rings is 1. The van der Waals surface area contributed by atoms with Gasteiger partial charge in [0.25, 0.3) is 5.91 Å². The van der Waals surface area contributed by atoms with E-state index in [4.69, 9.17) is 5.73 Å². The molecule has 1 aromatic rings. The lowest BCUT2D eigenvalue weighted by Gasteiger charge is -2.23. The molecule has 2 rings (SSSR count). The molecule has 0 aromatic heterocycles. The van der Waals surface area contributed by atoms with Crippen LogP contribution in [0.4, 0.5) is 17.6 Å². The van der Waals surface area contributed by atoms with Crippen LogP contribution in [-0.4, -0.2) is 30.4 Å². The third kappa shape index (κ3) is 3.18. The first-order chi connectivity index (χ1) is 9.66. The minimum atomic E-state index is -4.61. The number of carbonyl (C=O) groups excluding carboxylic acids is 1. The van der Waals surface area contributed by atoms with Gasteiger partial charge in [-0.3, -0.25) is 4.79 Å². The number of hydrogen-bond donors (Lipinski definition) is 1. The van der Waals surface area contributed by atoms with E-state index in [1.54, 1.807) is 0 Å². The highest BCUT2D eigenvalue weighted by Crippen LogP contribution is 2.33. The number of halogens is 4. The molecule has 21 heavy (non-hydrogen) atoms. The van der Waals surface area contributed by atoms with Crippen molar-refractivity contribution >= 4 is 5.91 Å². The van der Waals surface area contributed by atoms with E-state index in [9.17, 15) is 22.4 Å². The van der Waals surface area contributed by atoms with E-state index in [0.717, 1.165) is 0 Å². The zero-order valence-corrected chi connectivity index (χ0v) is 11.5. The van der Waals surface area contributed by atoms with Gasteiger partial charge in [-0.25, -0.2) is 4.39 Å². The van der Waals surface area contributed by atoms with Crippen molar-refractivity contribution in [3.05, 3.63) is 35.1 Å². The van der Waals surface area contributed by atoms with Gasteiger partial charge in [-0.05, 0) is 36.6 Å². The third-order valence-electron chi connectivity index (χ3n) is 3.86. The Morgan fingerprint density at radius 1 is 1.43 bits per heavy atom. The Labute approximate surface area is 119 Å². The SMILES string of the molecule is CC1(CN)CCN(C(=O)c2cc(C(F)(F)F)ccc2F)C1. The second kappa shape index (κ2) is 5.29. The number of nitrogens with two attached hydrogens (primary N) is 1. The molecule has 1 aliphatic rings. The van der Waals surface area contributed by atoms with Crippen LogP contribution in [0.25, 0.3) is 0 Å². The fraction of sp³-hybridized carbons (Fsp3) is 0.500. The fourth-order valence-corrected chi connectivity index (χ4v) is 2.40. The summed E-state index contributed by atoms with van der Waals surface area (Å²) >= 11 is 0. The molecule has 2 N–H and O–H groups in total. The lowest BCUT2D eigenvalue weighted by molar-refractivity contribution is -0.137. The standard InChI is InChI=1S/C14H16F4N2O/c1-13(7-19)4-5-20(8-13)12(21)10-6-9(14(16,17)18)2-3-11(10)15/h2-3,6H,4-5,7-8,19H2,1H3. The molecule has 1 aliphatic heterocycles. The van der Waals surface area contributed by atoms with Crippen molar-refractivity contribution < 1.29 is 22.4 Å². The van der Waals surface area contributed by atoms with Crippen molar-refractivity contribution in [3.8, 4) is 0 Å². The maximum atomic E-state index is 13.7. The summed E-state index contributed by atoms with van der Waals surface area (Å²) in [5.41, 5.74) is 3.77. The van der Waals surface area contributed by atoms with Gasteiger partial charge in [-0.1, -0.05) is 6.92 Å². The van der Waals surface area contributed by atoms with E-state index >= 15 is 0 Å². The summed E-state index contributed by atoms with van der Waals surface area (Å²) in [6.07, 6.45) is -3.96. The summed E-state index contributed by atoms with van der Waals surface area (Å²) in [7, 11) is 0. The number of amides is 1. The molecule has 1 saturated heterocycles. The minimum Gasteiger partial charge on any atom is -0.338 e. The second-order valence-electron chi connectivity index (χ2n) is 5.68.